The van der Waals surface area contributed by atoms with Gasteiger partial charge in [-0.05, 0) is 67.0 Å². The van der Waals surface area contributed by atoms with Crippen molar-refractivity contribution >= 4 is 33.4 Å². The second-order valence-electron chi connectivity index (χ2n) is 10.6. The third-order valence-electron chi connectivity index (χ3n) is 7.83. The van der Waals surface area contributed by atoms with Crippen molar-refractivity contribution in [2.45, 2.75) is 44.3 Å². The number of fused-ring (bicyclic) bond motifs is 2. The number of nitrogen functional groups attached to an aromatic ring is 1. The summed E-state index contributed by atoms with van der Waals surface area (Å²) in [7, 11) is 0. The number of amidine groups is 1. The van der Waals surface area contributed by atoms with E-state index in [-0.39, 0.29) is 23.8 Å². The van der Waals surface area contributed by atoms with Crippen LogP contribution >= 0.6 is 0 Å². The first-order valence-corrected chi connectivity index (χ1v) is 13.7. The zero-order chi connectivity index (χ0) is 27.6. The largest absolute Gasteiger partial charge is 0.457 e. The number of aromatic nitrogens is 1. The molecular formula is C33H33N5O2. The van der Waals surface area contributed by atoms with Crippen molar-refractivity contribution < 1.29 is 9.53 Å². The minimum Gasteiger partial charge on any atom is -0.457 e. The van der Waals surface area contributed by atoms with Crippen molar-refractivity contribution in [2.24, 2.45) is 11.5 Å². The Morgan fingerprint density at radius 1 is 0.900 bits per heavy atom. The van der Waals surface area contributed by atoms with E-state index in [2.05, 4.69) is 23.5 Å². The Kier molecular flexibility index (Phi) is 6.97. The maximum Gasteiger partial charge on any atom is 0.268 e. The number of nitrogens with zero attached hydrogens (tertiary/aromatic N) is 1. The lowest BCUT2D eigenvalue weighted by molar-refractivity contribution is 0.0917. The molecule has 1 saturated carbocycles. The van der Waals surface area contributed by atoms with Crippen LogP contribution in [0.2, 0.25) is 0 Å². The molecule has 0 aliphatic heterocycles. The third kappa shape index (κ3) is 5.16. The summed E-state index contributed by atoms with van der Waals surface area (Å²) in [4.78, 5) is 13.7. The van der Waals surface area contributed by atoms with Crippen LogP contribution < -0.4 is 21.5 Å². The average Bonchev–Trinajstić information content (AvgIpc) is 3.33. The van der Waals surface area contributed by atoms with Crippen molar-refractivity contribution in [3.63, 3.8) is 0 Å². The Balaban J connectivity index is 1.40. The Hall–Kier alpha value is -4.62. The normalized spacial score (nSPS) is 17.1. The van der Waals surface area contributed by atoms with Crippen molar-refractivity contribution in [3.05, 3.63) is 108 Å². The fraction of sp³-hybridized carbons (Fsp3) is 0.212. The van der Waals surface area contributed by atoms with Crippen LogP contribution in [0.15, 0.2) is 91.0 Å². The van der Waals surface area contributed by atoms with Gasteiger partial charge >= 0.3 is 0 Å². The van der Waals surface area contributed by atoms with Gasteiger partial charge in [-0.15, -0.1) is 0 Å². The molecule has 4 aromatic carbocycles. The van der Waals surface area contributed by atoms with Crippen LogP contribution in [0.25, 0.3) is 21.7 Å². The smallest absolute Gasteiger partial charge is 0.268 e. The van der Waals surface area contributed by atoms with Crippen LogP contribution in [-0.4, -0.2) is 28.4 Å². The van der Waals surface area contributed by atoms with Gasteiger partial charge in [0.05, 0.1) is 0 Å². The molecule has 1 fully saturated rings. The molecule has 6 rings (SSSR count). The van der Waals surface area contributed by atoms with Gasteiger partial charge in [0.15, 0.2) is 0 Å². The molecule has 0 unspecified atom stereocenters. The number of rotatable bonds is 7. The first-order chi connectivity index (χ1) is 19.5. The summed E-state index contributed by atoms with van der Waals surface area (Å²) >= 11 is 0. The Bertz CT molecular complexity index is 1700. The molecule has 0 spiro atoms. The quantitative estimate of drug-likeness (QED) is 0.154. The van der Waals surface area contributed by atoms with Gasteiger partial charge < -0.3 is 26.1 Å². The fourth-order valence-corrected chi connectivity index (χ4v) is 5.65. The summed E-state index contributed by atoms with van der Waals surface area (Å²) in [6, 6.07) is 29.8. The molecule has 1 aromatic heterocycles. The van der Waals surface area contributed by atoms with Gasteiger partial charge in [0.25, 0.3) is 5.91 Å². The molecule has 1 amide bonds. The number of nitrogens with one attached hydrogen (secondary N) is 2. The number of nitrogens with two attached hydrogens (primary N) is 2. The summed E-state index contributed by atoms with van der Waals surface area (Å²) in [6.45, 7) is 0.468. The first-order valence-electron chi connectivity index (χ1n) is 13.7. The van der Waals surface area contributed by atoms with E-state index in [1.54, 1.807) is 0 Å². The topological polar surface area (TPSA) is 119 Å². The van der Waals surface area contributed by atoms with Gasteiger partial charge in [-0.25, -0.2) is 0 Å². The second kappa shape index (κ2) is 10.9. The van der Waals surface area contributed by atoms with Crippen LogP contribution in [0.4, 0.5) is 0 Å². The number of carbonyl (C=O) groups is 1. The molecule has 1 heterocycles. The van der Waals surface area contributed by atoms with E-state index in [0.717, 1.165) is 64.4 Å². The number of benzene rings is 4. The van der Waals surface area contributed by atoms with E-state index in [9.17, 15) is 4.79 Å². The Morgan fingerprint density at radius 2 is 1.62 bits per heavy atom. The fourth-order valence-electron chi connectivity index (χ4n) is 5.65. The minimum atomic E-state index is -0.102. The van der Waals surface area contributed by atoms with Crippen LogP contribution in [0.5, 0.6) is 11.5 Å². The zero-order valence-electron chi connectivity index (χ0n) is 22.3. The molecule has 0 saturated heterocycles. The highest BCUT2D eigenvalue weighted by Gasteiger charge is 2.23. The Labute approximate surface area is 233 Å². The van der Waals surface area contributed by atoms with Gasteiger partial charge in [-0.2, -0.15) is 0 Å². The number of amides is 1. The number of carbonyl (C=O) groups excluding carboxylic acids is 1. The molecule has 7 nitrogen and oxygen atoms in total. The molecule has 202 valence electrons. The van der Waals surface area contributed by atoms with Crippen LogP contribution in [0.1, 0.15) is 47.3 Å². The summed E-state index contributed by atoms with van der Waals surface area (Å²) in [6.07, 6.45) is 3.60. The molecule has 0 radical (unpaired) electrons. The molecule has 0 bridgehead atoms. The van der Waals surface area contributed by atoms with Gasteiger partial charge in [-0.3, -0.25) is 10.2 Å². The molecule has 5 aromatic rings. The molecule has 1 aliphatic carbocycles. The summed E-state index contributed by atoms with van der Waals surface area (Å²) in [5.74, 6) is 1.44. The van der Waals surface area contributed by atoms with Crippen LogP contribution in [-0.2, 0) is 6.54 Å². The summed E-state index contributed by atoms with van der Waals surface area (Å²) < 4.78 is 8.26. The van der Waals surface area contributed by atoms with Crippen LogP contribution in [0.3, 0.4) is 0 Å². The van der Waals surface area contributed by atoms with E-state index in [1.807, 2.05) is 77.4 Å². The predicted molar refractivity (Wildman–Crippen MR) is 160 cm³/mol. The lowest BCUT2D eigenvalue weighted by atomic mass is 9.92. The first kappa shape index (κ1) is 25.6. The zero-order valence-corrected chi connectivity index (χ0v) is 22.3. The Morgan fingerprint density at radius 3 is 2.38 bits per heavy atom. The highest BCUT2D eigenvalue weighted by Crippen LogP contribution is 2.33. The molecular weight excluding hydrogens is 498 g/mol. The standard InChI is InChI=1S/C33H33N5O2/c34-24-13-15-25(16-14-24)37-33(39)30-18-21-10-11-22(32(35)36)19-29(21)38(30)20-23-12-17-31(28-9-5-4-8-27(23)28)40-26-6-2-1-3-7-26/h1-12,17-19,24-25H,13-16,20,34H2,(H3,35,36)(H,37,39). The number of para-hydroxylation sites is 1. The SMILES string of the molecule is N=C(N)c1ccc2cc(C(=O)NC3CCC(N)CC3)n(Cc3ccc(Oc4ccccc4)c4ccccc34)c2c1. The van der Waals surface area contributed by atoms with Crippen molar-refractivity contribution in [2.75, 3.05) is 0 Å². The van der Waals surface area contributed by atoms with E-state index < -0.39 is 0 Å². The molecule has 1 aliphatic rings. The highest BCUT2D eigenvalue weighted by atomic mass is 16.5. The molecule has 6 N–H and O–H groups in total. The maximum absolute atomic E-state index is 13.7. The van der Waals surface area contributed by atoms with Crippen molar-refractivity contribution in [1.29, 1.82) is 5.41 Å². The van der Waals surface area contributed by atoms with E-state index in [0.29, 0.717) is 17.8 Å². The van der Waals surface area contributed by atoms with Gasteiger partial charge in [-0.1, -0.05) is 60.7 Å². The summed E-state index contributed by atoms with van der Waals surface area (Å²) in [5.41, 5.74) is 15.0. The van der Waals surface area contributed by atoms with Gasteiger partial charge in [0, 0.05) is 40.5 Å². The monoisotopic (exact) mass is 531 g/mol. The molecule has 7 heteroatoms. The van der Waals surface area contributed by atoms with Gasteiger partial charge in [0.1, 0.15) is 23.0 Å². The van der Waals surface area contributed by atoms with Crippen LogP contribution in [0, 0.1) is 5.41 Å². The average molecular weight is 532 g/mol. The minimum absolute atomic E-state index is 0.00735. The van der Waals surface area contributed by atoms with E-state index >= 15 is 0 Å². The number of ether oxygens (including phenoxy) is 1. The number of hydrogen-bond donors (Lipinski definition) is 4. The van der Waals surface area contributed by atoms with E-state index in [4.69, 9.17) is 21.6 Å². The maximum atomic E-state index is 13.7. The van der Waals surface area contributed by atoms with Crippen molar-refractivity contribution in [3.8, 4) is 11.5 Å². The lowest BCUT2D eigenvalue weighted by Crippen LogP contribution is -2.41. The molecule has 40 heavy (non-hydrogen) atoms. The predicted octanol–water partition coefficient (Wildman–Crippen LogP) is 5.92. The second-order valence-corrected chi connectivity index (χ2v) is 10.6. The third-order valence-corrected chi connectivity index (χ3v) is 7.83. The van der Waals surface area contributed by atoms with Crippen molar-refractivity contribution in [1.82, 2.24) is 9.88 Å². The number of hydrogen-bond acceptors (Lipinski definition) is 4. The van der Waals surface area contributed by atoms with Gasteiger partial charge in [0.2, 0.25) is 0 Å². The lowest BCUT2D eigenvalue weighted by Gasteiger charge is -2.27. The summed E-state index contributed by atoms with van der Waals surface area (Å²) in [5, 5.41) is 14.2. The highest BCUT2D eigenvalue weighted by molar-refractivity contribution is 6.02. The molecule has 0 atom stereocenters. The van der Waals surface area contributed by atoms with E-state index in [1.165, 1.54) is 0 Å².